The number of aromatic nitrogens is 2. The maximum absolute atomic E-state index is 10.9. The van der Waals surface area contributed by atoms with E-state index in [1.807, 2.05) is 0 Å². The lowest BCUT2D eigenvalue weighted by Crippen LogP contribution is -2.32. The van der Waals surface area contributed by atoms with Gasteiger partial charge in [-0.2, -0.15) is 0 Å². The van der Waals surface area contributed by atoms with Crippen LogP contribution < -0.4 is 5.32 Å². The molecular formula is C12H19N3O2. The first kappa shape index (κ1) is 13.6. The Morgan fingerprint density at radius 3 is 2.82 bits per heavy atom. The maximum Gasteiger partial charge on any atom is 0.339 e. The third kappa shape index (κ3) is 3.78. The topological polar surface area (TPSA) is 75.1 Å². The molecule has 1 heterocycles. The van der Waals surface area contributed by atoms with Crippen molar-refractivity contribution in [3.05, 3.63) is 23.8 Å². The highest BCUT2D eigenvalue weighted by atomic mass is 16.4. The van der Waals surface area contributed by atoms with Crippen molar-refractivity contribution in [2.45, 2.75) is 39.8 Å². The van der Waals surface area contributed by atoms with Crippen LogP contribution >= 0.6 is 0 Å². The molecule has 0 radical (unpaired) electrons. The summed E-state index contributed by atoms with van der Waals surface area (Å²) in [6.45, 7) is 6.84. The highest BCUT2D eigenvalue weighted by Gasteiger charge is 2.14. The number of hydrogen-bond donors (Lipinski definition) is 2. The second-order valence-electron chi connectivity index (χ2n) is 4.24. The Hall–Kier alpha value is -1.49. The van der Waals surface area contributed by atoms with E-state index in [0.29, 0.717) is 24.2 Å². The van der Waals surface area contributed by atoms with E-state index < -0.39 is 5.97 Å². The monoisotopic (exact) mass is 237 g/mol. The van der Waals surface area contributed by atoms with Crippen LogP contribution in [0.25, 0.3) is 0 Å². The fourth-order valence-electron chi connectivity index (χ4n) is 1.49. The summed E-state index contributed by atoms with van der Waals surface area (Å²) in [5.41, 5.74) is 0.694. The largest absolute Gasteiger partial charge is 0.478 e. The molecule has 0 aliphatic heterocycles. The molecule has 5 nitrogen and oxygen atoms in total. The van der Waals surface area contributed by atoms with E-state index in [9.17, 15) is 4.79 Å². The van der Waals surface area contributed by atoms with Gasteiger partial charge < -0.3 is 10.4 Å². The lowest BCUT2D eigenvalue weighted by Gasteiger charge is -2.19. The summed E-state index contributed by atoms with van der Waals surface area (Å²) in [4.78, 5) is 18.7. The molecule has 0 aromatic carbocycles. The molecule has 0 amide bonds. The second-order valence-corrected chi connectivity index (χ2v) is 4.24. The van der Waals surface area contributed by atoms with Crippen molar-refractivity contribution in [3.63, 3.8) is 0 Å². The van der Waals surface area contributed by atoms with Crippen LogP contribution in [0.1, 0.15) is 43.2 Å². The highest BCUT2D eigenvalue weighted by molar-refractivity contribution is 5.88. The SMILES string of the molecule is CCC(C)C(C)NCc1ncncc1C(=O)O. The van der Waals surface area contributed by atoms with Gasteiger partial charge in [0.1, 0.15) is 11.9 Å². The second kappa shape index (κ2) is 6.30. The highest BCUT2D eigenvalue weighted by Crippen LogP contribution is 2.09. The summed E-state index contributed by atoms with van der Waals surface area (Å²) in [5, 5.41) is 12.3. The third-order valence-electron chi connectivity index (χ3n) is 3.11. The van der Waals surface area contributed by atoms with E-state index in [0.717, 1.165) is 6.42 Å². The number of carboxylic acids is 1. The van der Waals surface area contributed by atoms with Crippen molar-refractivity contribution >= 4 is 5.97 Å². The molecule has 17 heavy (non-hydrogen) atoms. The quantitative estimate of drug-likeness (QED) is 0.787. The molecule has 0 saturated heterocycles. The third-order valence-corrected chi connectivity index (χ3v) is 3.11. The Bertz CT molecular complexity index is 382. The molecule has 0 aliphatic carbocycles. The molecule has 2 N–H and O–H groups in total. The molecule has 94 valence electrons. The van der Waals surface area contributed by atoms with Crippen molar-refractivity contribution in [2.24, 2.45) is 5.92 Å². The molecule has 1 rings (SSSR count). The summed E-state index contributed by atoms with van der Waals surface area (Å²) >= 11 is 0. The minimum atomic E-state index is -0.987. The van der Waals surface area contributed by atoms with Gasteiger partial charge in [0.05, 0.1) is 5.69 Å². The Morgan fingerprint density at radius 2 is 2.24 bits per heavy atom. The van der Waals surface area contributed by atoms with Gasteiger partial charge in [-0.3, -0.25) is 0 Å². The first-order valence-electron chi connectivity index (χ1n) is 5.81. The minimum Gasteiger partial charge on any atom is -0.478 e. The number of aromatic carboxylic acids is 1. The smallest absolute Gasteiger partial charge is 0.339 e. The van der Waals surface area contributed by atoms with Crippen LogP contribution in [-0.2, 0) is 6.54 Å². The lowest BCUT2D eigenvalue weighted by atomic mass is 10.0. The molecule has 0 saturated carbocycles. The van der Waals surface area contributed by atoms with Gasteiger partial charge in [-0.25, -0.2) is 14.8 Å². The van der Waals surface area contributed by atoms with E-state index >= 15 is 0 Å². The predicted molar refractivity (Wildman–Crippen MR) is 64.7 cm³/mol. The van der Waals surface area contributed by atoms with Crippen LogP contribution in [0.4, 0.5) is 0 Å². The molecule has 1 aromatic rings. The van der Waals surface area contributed by atoms with Gasteiger partial charge in [0.15, 0.2) is 0 Å². The first-order chi connectivity index (χ1) is 8.06. The number of rotatable bonds is 6. The van der Waals surface area contributed by atoms with Crippen LogP contribution in [0.2, 0.25) is 0 Å². The lowest BCUT2D eigenvalue weighted by molar-refractivity contribution is 0.0694. The Balaban J connectivity index is 2.66. The number of carboxylic acid groups (broad SMARTS) is 1. The molecule has 0 spiro atoms. The summed E-state index contributed by atoms with van der Waals surface area (Å²) in [6.07, 6.45) is 3.79. The van der Waals surface area contributed by atoms with Crippen LogP contribution in [0, 0.1) is 5.92 Å². The fraction of sp³-hybridized carbons (Fsp3) is 0.583. The molecule has 0 bridgehead atoms. The van der Waals surface area contributed by atoms with Crippen LogP contribution in [-0.4, -0.2) is 27.1 Å². The van der Waals surface area contributed by atoms with Crippen molar-refractivity contribution in [1.82, 2.24) is 15.3 Å². The normalized spacial score (nSPS) is 14.3. The van der Waals surface area contributed by atoms with Gasteiger partial charge in [0.25, 0.3) is 0 Å². The van der Waals surface area contributed by atoms with Crippen LogP contribution in [0.5, 0.6) is 0 Å². The average molecular weight is 237 g/mol. The van der Waals surface area contributed by atoms with Crippen molar-refractivity contribution in [2.75, 3.05) is 0 Å². The van der Waals surface area contributed by atoms with Crippen LogP contribution in [0.3, 0.4) is 0 Å². The van der Waals surface area contributed by atoms with Gasteiger partial charge in [-0.1, -0.05) is 20.3 Å². The van der Waals surface area contributed by atoms with Gasteiger partial charge in [0.2, 0.25) is 0 Å². The molecule has 0 fully saturated rings. The van der Waals surface area contributed by atoms with Gasteiger partial charge in [-0.05, 0) is 12.8 Å². The van der Waals surface area contributed by atoms with E-state index in [4.69, 9.17) is 5.11 Å². The summed E-state index contributed by atoms with van der Waals surface area (Å²) in [6, 6.07) is 0.330. The van der Waals surface area contributed by atoms with Crippen molar-refractivity contribution in [3.8, 4) is 0 Å². The zero-order valence-corrected chi connectivity index (χ0v) is 10.5. The van der Waals surface area contributed by atoms with Crippen molar-refractivity contribution in [1.29, 1.82) is 0 Å². The molecule has 2 unspecified atom stereocenters. The van der Waals surface area contributed by atoms with E-state index in [2.05, 4.69) is 36.1 Å². The summed E-state index contributed by atoms with van der Waals surface area (Å²) in [5.74, 6) is -0.441. The van der Waals surface area contributed by atoms with E-state index in [1.165, 1.54) is 12.5 Å². The summed E-state index contributed by atoms with van der Waals surface area (Å²) < 4.78 is 0. The van der Waals surface area contributed by atoms with E-state index in [1.54, 1.807) is 0 Å². The summed E-state index contributed by atoms with van der Waals surface area (Å²) in [7, 11) is 0. The number of carbonyl (C=O) groups is 1. The zero-order valence-electron chi connectivity index (χ0n) is 10.5. The maximum atomic E-state index is 10.9. The number of hydrogen-bond acceptors (Lipinski definition) is 4. The zero-order chi connectivity index (χ0) is 12.8. The Kier molecular flexibility index (Phi) is 5.03. The Labute approximate surface area is 101 Å². The molecular weight excluding hydrogens is 218 g/mol. The molecule has 0 aliphatic rings. The van der Waals surface area contributed by atoms with E-state index in [-0.39, 0.29) is 5.56 Å². The van der Waals surface area contributed by atoms with Gasteiger partial charge >= 0.3 is 5.97 Å². The Morgan fingerprint density at radius 1 is 1.53 bits per heavy atom. The average Bonchev–Trinajstić information content (AvgIpc) is 2.35. The molecule has 2 atom stereocenters. The van der Waals surface area contributed by atoms with Gasteiger partial charge in [0, 0.05) is 18.8 Å². The van der Waals surface area contributed by atoms with Gasteiger partial charge in [-0.15, -0.1) is 0 Å². The molecule has 5 heteroatoms. The minimum absolute atomic E-state index is 0.163. The fourth-order valence-corrected chi connectivity index (χ4v) is 1.49. The van der Waals surface area contributed by atoms with Crippen LogP contribution in [0.15, 0.2) is 12.5 Å². The number of nitrogens with zero attached hydrogens (tertiary/aromatic N) is 2. The standard InChI is InChI=1S/C12H19N3O2/c1-4-8(2)9(3)14-6-11-10(12(16)17)5-13-7-15-11/h5,7-9,14H,4,6H2,1-3H3,(H,16,17). The first-order valence-corrected chi connectivity index (χ1v) is 5.81. The predicted octanol–water partition coefficient (Wildman–Crippen LogP) is 1.70. The van der Waals surface area contributed by atoms with Crippen molar-refractivity contribution < 1.29 is 9.90 Å². The molecule has 1 aromatic heterocycles. The number of nitrogens with one attached hydrogen (secondary N) is 1.